The zero-order valence-corrected chi connectivity index (χ0v) is 13.0. The Morgan fingerprint density at radius 2 is 2.29 bits per heavy atom. The quantitative estimate of drug-likeness (QED) is 0.933. The lowest BCUT2D eigenvalue weighted by Crippen LogP contribution is -2.47. The second kappa shape index (κ2) is 5.31. The highest BCUT2D eigenvalue weighted by Gasteiger charge is 2.24. The van der Waals surface area contributed by atoms with Gasteiger partial charge in [-0.05, 0) is 31.9 Å². The molecule has 1 saturated heterocycles. The molecule has 7 heteroatoms. The molecule has 3 heterocycles. The zero-order valence-electron chi connectivity index (χ0n) is 12.2. The summed E-state index contributed by atoms with van der Waals surface area (Å²) in [7, 11) is -3.18. The molecule has 0 aliphatic carbocycles. The molecule has 6 nitrogen and oxygen atoms in total. The van der Waals surface area contributed by atoms with Crippen LogP contribution in [0.15, 0.2) is 22.7 Å². The van der Waals surface area contributed by atoms with Crippen molar-refractivity contribution in [3.8, 4) is 0 Å². The lowest BCUT2D eigenvalue weighted by Gasteiger charge is -2.33. The SMILES string of the molecule is Cc1cc2c(N3CCC[C@H](NS(C)(=O)=O)C3)nccc2o1. The number of nitrogens with zero attached hydrogens (tertiary/aromatic N) is 2. The molecular formula is C14H19N3O3S. The molecule has 0 radical (unpaired) electrons. The first-order valence-electron chi connectivity index (χ1n) is 7.00. The number of sulfonamides is 1. The third-order valence-electron chi connectivity index (χ3n) is 3.65. The molecule has 2 aromatic rings. The van der Waals surface area contributed by atoms with Crippen molar-refractivity contribution in [2.45, 2.75) is 25.8 Å². The normalized spacial score (nSPS) is 20.1. The lowest BCUT2D eigenvalue weighted by atomic mass is 10.1. The highest BCUT2D eigenvalue weighted by molar-refractivity contribution is 7.88. The molecule has 2 aromatic heterocycles. The maximum absolute atomic E-state index is 11.4. The molecule has 1 aliphatic heterocycles. The predicted molar refractivity (Wildman–Crippen MR) is 82.0 cm³/mol. The molecule has 0 saturated carbocycles. The zero-order chi connectivity index (χ0) is 15.0. The van der Waals surface area contributed by atoms with E-state index in [2.05, 4.69) is 14.6 Å². The van der Waals surface area contributed by atoms with E-state index in [0.717, 1.165) is 41.9 Å². The van der Waals surface area contributed by atoms with Crippen molar-refractivity contribution in [1.29, 1.82) is 0 Å². The Balaban J connectivity index is 1.88. The van der Waals surface area contributed by atoms with Crippen LogP contribution in [0.1, 0.15) is 18.6 Å². The van der Waals surface area contributed by atoms with Crippen LogP contribution in [0.3, 0.4) is 0 Å². The van der Waals surface area contributed by atoms with Gasteiger partial charge in [-0.25, -0.2) is 18.1 Å². The van der Waals surface area contributed by atoms with E-state index in [1.54, 1.807) is 6.20 Å². The first-order valence-corrected chi connectivity index (χ1v) is 8.89. The molecule has 0 spiro atoms. The van der Waals surface area contributed by atoms with E-state index < -0.39 is 10.0 Å². The van der Waals surface area contributed by atoms with E-state index in [0.29, 0.717) is 6.54 Å². The summed E-state index contributed by atoms with van der Waals surface area (Å²) in [6.07, 6.45) is 4.71. The Kier molecular flexibility index (Phi) is 3.62. The van der Waals surface area contributed by atoms with Crippen molar-refractivity contribution in [2.75, 3.05) is 24.2 Å². The number of piperidine rings is 1. The number of rotatable bonds is 3. The van der Waals surface area contributed by atoms with Crippen LogP contribution in [-0.2, 0) is 10.0 Å². The molecule has 0 bridgehead atoms. The van der Waals surface area contributed by atoms with E-state index in [1.165, 1.54) is 6.26 Å². The van der Waals surface area contributed by atoms with Crippen LogP contribution in [0.25, 0.3) is 11.0 Å². The molecule has 114 valence electrons. The van der Waals surface area contributed by atoms with Gasteiger partial charge in [-0.2, -0.15) is 0 Å². The number of nitrogens with one attached hydrogen (secondary N) is 1. The number of hydrogen-bond acceptors (Lipinski definition) is 5. The number of hydrogen-bond donors (Lipinski definition) is 1. The monoisotopic (exact) mass is 309 g/mol. The van der Waals surface area contributed by atoms with Crippen LogP contribution in [-0.4, -0.2) is 38.8 Å². The van der Waals surface area contributed by atoms with E-state index in [9.17, 15) is 8.42 Å². The maximum Gasteiger partial charge on any atom is 0.209 e. The third kappa shape index (κ3) is 3.19. The Morgan fingerprint density at radius 3 is 3.05 bits per heavy atom. The number of furan rings is 1. The van der Waals surface area contributed by atoms with Crippen molar-refractivity contribution in [2.24, 2.45) is 0 Å². The molecular weight excluding hydrogens is 290 g/mol. The van der Waals surface area contributed by atoms with Crippen LogP contribution in [0.2, 0.25) is 0 Å². The van der Waals surface area contributed by atoms with Gasteiger partial charge in [-0.3, -0.25) is 0 Å². The molecule has 3 rings (SSSR count). The van der Waals surface area contributed by atoms with Crippen molar-refractivity contribution in [3.05, 3.63) is 24.1 Å². The standard InChI is InChI=1S/C14H19N3O3S/c1-10-8-12-13(20-10)5-6-15-14(12)17-7-3-4-11(9-17)16-21(2,18)19/h5-6,8,11,16H,3-4,7,9H2,1-2H3/t11-/m0/s1. The molecule has 1 atom stereocenters. The van der Waals surface area contributed by atoms with Gasteiger partial charge < -0.3 is 9.32 Å². The minimum absolute atomic E-state index is 0.0706. The molecule has 1 fully saturated rings. The van der Waals surface area contributed by atoms with Crippen LogP contribution >= 0.6 is 0 Å². The van der Waals surface area contributed by atoms with Gasteiger partial charge in [0, 0.05) is 25.3 Å². The van der Waals surface area contributed by atoms with Gasteiger partial charge in [0.1, 0.15) is 17.2 Å². The molecule has 1 N–H and O–H groups in total. The third-order valence-corrected chi connectivity index (χ3v) is 4.41. The summed E-state index contributed by atoms with van der Waals surface area (Å²) in [4.78, 5) is 6.59. The molecule has 1 aliphatic rings. The average molecular weight is 309 g/mol. The van der Waals surface area contributed by atoms with Gasteiger partial charge in [0.05, 0.1) is 11.6 Å². The van der Waals surface area contributed by atoms with Crippen LogP contribution in [0.5, 0.6) is 0 Å². The average Bonchev–Trinajstić information content (AvgIpc) is 2.76. The topological polar surface area (TPSA) is 75.4 Å². The van der Waals surface area contributed by atoms with Gasteiger partial charge >= 0.3 is 0 Å². The molecule has 21 heavy (non-hydrogen) atoms. The van der Waals surface area contributed by atoms with E-state index in [-0.39, 0.29) is 6.04 Å². The van der Waals surface area contributed by atoms with Crippen molar-refractivity contribution in [3.63, 3.8) is 0 Å². The van der Waals surface area contributed by atoms with Gasteiger partial charge in [0.15, 0.2) is 0 Å². The number of pyridine rings is 1. The number of aromatic nitrogens is 1. The largest absolute Gasteiger partial charge is 0.461 e. The summed E-state index contributed by atoms with van der Waals surface area (Å²) in [5, 5.41) is 0.981. The molecule has 0 aromatic carbocycles. The summed E-state index contributed by atoms with van der Waals surface area (Å²) < 4.78 is 31.1. The Hall–Kier alpha value is -1.60. The number of fused-ring (bicyclic) bond motifs is 1. The fourth-order valence-corrected chi connectivity index (χ4v) is 3.69. The van der Waals surface area contributed by atoms with Crippen molar-refractivity contribution >= 4 is 26.8 Å². The second-order valence-corrected chi connectivity index (χ2v) is 7.36. The lowest BCUT2D eigenvalue weighted by molar-refractivity contribution is 0.466. The van der Waals surface area contributed by atoms with Crippen LogP contribution in [0, 0.1) is 6.92 Å². The van der Waals surface area contributed by atoms with Crippen molar-refractivity contribution in [1.82, 2.24) is 9.71 Å². The van der Waals surface area contributed by atoms with E-state index in [4.69, 9.17) is 4.42 Å². The van der Waals surface area contributed by atoms with Gasteiger partial charge in [0.2, 0.25) is 10.0 Å². The molecule has 0 amide bonds. The minimum Gasteiger partial charge on any atom is -0.461 e. The first kappa shape index (κ1) is 14.3. The first-order chi connectivity index (χ1) is 9.92. The fraction of sp³-hybridized carbons (Fsp3) is 0.500. The summed E-state index contributed by atoms with van der Waals surface area (Å²) in [6.45, 7) is 3.41. The number of aryl methyl sites for hydroxylation is 1. The fourth-order valence-electron chi connectivity index (χ4n) is 2.90. The van der Waals surface area contributed by atoms with E-state index in [1.807, 2.05) is 19.1 Å². The second-order valence-electron chi connectivity index (χ2n) is 5.58. The van der Waals surface area contributed by atoms with Gasteiger partial charge in [0.25, 0.3) is 0 Å². The maximum atomic E-state index is 11.4. The Labute approximate surface area is 124 Å². The summed E-state index contributed by atoms with van der Waals surface area (Å²) in [5.41, 5.74) is 0.815. The smallest absolute Gasteiger partial charge is 0.209 e. The summed E-state index contributed by atoms with van der Waals surface area (Å²) in [6, 6.07) is 3.76. The number of anilines is 1. The molecule has 0 unspecified atom stereocenters. The predicted octanol–water partition coefficient (Wildman–Crippen LogP) is 1.65. The van der Waals surface area contributed by atoms with E-state index >= 15 is 0 Å². The highest BCUT2D eigenvalue weighted by Crippen LogP contribution is 2.29. The van der Waals surface area contributed by atoms with Crippen molar-refractivity contribution < 1.29 is 12.8 Å². The minimum atomic E-state index is -3.18. The van der Waals surface area contributed by atoms with Gasteiger partial charge in [-0.1, -0.05) is 0 Å². The van der Waals surface area contributed by atoms with Gasteiger partial charge in [-0.15, -0.1) is 0 Å². The summed E-state index contributed by atoms with van der Waals surface area (Å²) in [5.74, 6) is 1.71. The van der Waals surface area contributed by atoms with Crippen LogP contribution in [0.4, 0.5) is 5.82 Å². The highest BCUT2D eigenvalue weighted by atomic mass is 32.2. The summed E-state index contributed by atoms with van der Waals surface area (Å²) >= 11 is 0. The Morgan fingerprint density at radius 1 is 1.48 bits per heavy atom. The van der Waals surface area contributed by atoms with Crippen LogP contribution < -0.4 is 9.62 Å². The Bertz CT molecular complexity index is 754.